The fourth-order valence-corrected chi connectivity index (χ4v) is 4.95. The molecule has 0 aliphatic carbocycles. The third-order valence-corrected chi connectivity index (χ3v) is 7.49. The van der Waals surface area contributed by atoms with Crippen LogP contribution in [0.4, 0.5) is 0 Å². The maximum atomic E-state index is 13.4. The van der Waals surface area contributed by atoms with Crippen LogP contribution < -0.4 is 0 Å². The Balaban J connectivity index is 1.90. The summed E-state index contributed by atoms with van der Waals surface area (Å²) in [5, 5.41) is 8.81. The van der Waals surface area contributed by atoms with Gasteiger partial charge in [0, 0.05) is 21.8 Å². The van der Waals surface area contributed by atoms with Crippen molar-refractivity contribution in [1.82, 2.24) is 4.90 Å². The van der Waals surface area contributed by atoms with E-state index in [0.717, 1.165) is 33.9 Å². The molecule has 2 aromatic rings. The second-order valence-electron chi connectivity index (χ2n) is 7.85. The average Bonchev–Trinajstić information content (AvgIpc) is 2.76. The van der Waals surface area contributed by atoms with E-state index in [-0.39, 0.29) is 11.4 Å². The molecular formula is C25H31NO3S2. The lowest BCUT2D eigenvalue weighted by Crippen LogP contribution is -2.50. The topological polar surface area (TPSA) is 57.6 Å². The van der Waals surface area contributed by atoms with Crippen LogP contribution in [-0.4, -0.2) is 58.7 Å². The number of hydrogen-bond acceptors (Lipinski definition) is 5. The number of hydrogen-bond donors (Lipinski definition) is 1. The van der Waals surface area contributed by atoms with Crippen LogP contribution >= 0.6 is 23.5 Å². The Morgan fingerprint density at radius 1 is 1.03 bits per heavy atom. The van der Waals surface area contributed by atoms with Crippen molar-refractivity contribution in [3.63, 3.8) is 0 Å². The molecule has 2 rings (SSSR count). The lowest BCUT2D eigenvalue weighted by atomic mass is 9.84. The number of benzene rings is 2. The number of aliphatic carboxylic acids is 1. The molecule has 0 saturated heterocycles. The molecule has 0 radical (unpaired) electrons. The number of carboxylic acids is 1. The number of ketones is 1. The quantitative estimate of drug-likeness (QED) is 0.191. The second-order valence-corrected chi connectivity index (χ2v) is 10.1. The molecule has 1 atom stereocenters. The molecule has 1 unspecified atom stereocenters. The molecule has 0 fully saturated rings. The first kappa shape index (κ1) is 25.2. The van der Waals surface area contributed by atoms with Gasteiger partial charge in [-0.1, -0.05) is 49.0 Å². The summed E-state index contributed by atoms with van der Waals surface area (Å²) in [6, 6.07) is 18.0. The minimum Gasteiger partial charge on any atom is -0.478 e. The molecule has 0 bridgehead atoms. The van der Waals surface area contributed by atoms with Crippen LogP contribution in [0.25, 0.3) is 0 Å². The predicted molar refractivity (Wildman–Crippen MR) is 132 cm³/mol. The van der Waals surface area contributed by atoms with E-state index in [1.165, 1.54) is 0 Å². The summed E-state index contributed by atoms with van der Waals surface area (Å²) in [6.07, 6.45) is 1.64. The molecule has 1 N–H and O–H groups in total. The Kier molecular flexibility index (Phi) is 9.88. The Morgan fingerprint density at radius 2 is 1.68 bits per heavy atom. The van der Waals surface area contributed by atoms with E-state index >= 15 is 0 Å². The molecule has 0 aromatic heterocycles. The van der Waals surface area contributed by atoms with E-state index in [9.17, 15) is 9.59 Å². The Bertz CT molecular complexity index is 881. The van der Waals surface area contributed by atoms with E-state index < -0.39 is 11.5 Å². The zero-order valence-corrected chi connectivity index (χ0v) is 20.1. The predicted octanol–water partition coefficient (Wildman–Crippen LogP) is 5.29. The lowest BCUT2D eigenvalue weighted by molar-refractivity contribution is -0.132. The summed E-state index contributed by atoms with van der Waals surface area (Å²) in [7, 11) is 3.91. The molecule has 166 valence electrons. The van der Waals surface area contributed by atoms with Crippen molar-refractivity contribution in [2.24, 2.45) is 0 Å². The normalized spacial score (nSPS) is 13.0. The fraction of sp³-hybridized carbons (Fsp3) is 0.360. The minimum absolute atomic E-state index is 0.118. The highest BCUT2D eigenvalue weighted by molar-refractivity contribution is 8.00. The highest BCUT2D eigenvalue weighted by Gasteiger charge is 2.36. The van der Waals surface area contributed by atoms with Crippen molar-refractivity contribution < 1.29 is 14.7 Å². The molecular weight excluding hydrogens is 426 g/mol. The number of likely N-dealkylation sites (N-methyl/N-ethyl adjacent to an activating group) is 1. The van der Waals surface area contributed by atoms with Gasteiger partial charge in [-0.05, 0) is 63.1 Å². The number of carboxylic acid groups (broad SMARTS) is 1. The van der Waals surface area contributed by atoms with Gasteiger partial charge in [0.05, 0.1) is 5.54 Å². The number of carbonyl (C=O) groups excluding carboxylic acids is 1. The van der Waals surface area contributed by atoms with Crippen molar-refractivity contribution in [3.8, 4) is 0 Å². The van der Waals surface area contributed by atoms with Gasteiger partial charge in [0.1, 0.15) is 0 Å². The fourth-order valence-electron chi connectivity index (χ4n) is 3.06. The number of rotatable bonds is 13. The highest BCUT2D eigenvalue weighted by Crippen LogP contribution is 2.26. The van der Waals surface area contributed by atoms with E-state index in [1.54, 1.807) is 23.5 Å². The molecule has 6 heteroatoms. The zero-order chi connectivity index (χ0) is 22.9. The molecule has 0 heterocycles. The van der Waals surface area contributed by atoms with E-state index in [2.05, 4.69) is 18.7 Å². The molecule has 0 saturated carbocycles. The smallest absolute Gasteiger partial charge is 0.331 e. The van der Waals surface area contributed by atoms with E-state index in [4.69, 9.17) is 5.11 Å². The van der Waals surface area contributed by atoms with Gasteiger partial charge in [0.15, 0.2) is 5.78 Å². The third kappa shape index (κ3) is 7.56. The summed E-state index contributed by atoms with van der Waals surface area (Å²) in [4.78, 5) is 27.2. The molecule has 0 aliphatic rings. The number of carbonyl (C=O) groups is 2. The van der Waals surface area contributed by atoms with Crippen LogP contribution in [0.5, 0.6) is 0 Å². The highest BCUT2D eigenvalue weighted by atomic mass is 32.2. The molecule has 31 heavy (non-hydrogen) atoms. The Labute approximate surface area is 194 Å². The molecule has 0 amide bonds. The van der Waals surface area contributed by atoms with Crippen LogP contribution in [0.3, 0.4) is 0 Å². The van der Waals surface area contributed by atoms with Gasteiger partial charge in [0.2, 0.25) is 0 Å². The summed E-state index contributed by atoms with van der Waals surface area (Å²) < 4.78 is 0. The first-order valence-electron chi connectivity index (χ1n) is 10.2. The summed E-state index contributed by atoms with van der Waals surface area (Å²) >= 11 is 3.34. The van der Waals surface area contributed by atoms with Gasteiger partial charge in [-0.15, -0.1) is 11.8 Å². The Hall–Kier alpha value is -2.02. The van der Waals surface area contributed by atoms with Gasteiger partial charge in [-0.25, -0.2) is 4.79 Å². The van der Waals surface area contributed by atoms with Crippen LogP contribution in [0.2, 0.25) is 0 Å². The van der Waals surface area contributed by atoms with Crippen molar-refractivity contribution in [2.75, 3.05) is 31.4 Å². The summed E-state index contributed by atoms with van der Waals surface area (Å²) in [5.74, 6) is 1.50. The van der Waals surface area contributed by atoms with Crippen LogP contribution in [-0.2, 0) is 11.2 Å². The van der Waals surface area contributed by atoms with E-state index in [0.29, 0.717) is 12.2 Å². The summed E-state index contributed by atoms with van der Waals surface area (Å²) in [5.41, 5.74) is 1.49. The van der Waals surface area contributed by atoms with Gasteiger partial charge in [-0.3, -0.25) is 9.69 Å². The van der Waals surface area contributed by atoms with Gasteiger partial charge >= 0.3 is 5.97 Å². The van der Waals surface area contributed by atoms with Crippen LogP contribution in [0.15, 0.2) is 71.6 Å². The number of thioether (sulfide) groups is 2. The maximum Gasteiger partial charge on any atom is 0.331 e. The maximum absolute atomic E-state index is 13.4. The molecule has 4 nitrogen and oxygen atoms in total. The SMILES string of the molecule is C=C(CSCCCSc1ccc(C(=O)C(C)(Cc2ccccc2)N(C)C)cc1)C(=O)O. The van der Waals surface area contributed by atoms with Gasteiger partial charge < -0.3 is 5.11 Å². The lowest BCUT2D eigenvalue weighted by Gasteiger charge is -2.35. The van der Waals surface area contributed by atoms with Crippen molar-refractivity contribution in [2.45, 2.75) is 30.2 Å². The van der Waals surface area contributed by atoms with Gasteiger partial charge in [-0.2, -0.15) is 11.8 Å². The molecule has 2 aromatic carbocycles. The van der Waals surface area contributed by atoms with Crippen molar-refractivity contribution >= 4 is 35.3 Å². The minimum atomic E-state index is -0.925. The first-order valence-corrected chi connectivity index (χ1v) is 12.4. The molecule has 0 aliphatic heterocycles. The van der Waals surface area contributed by atoms with Crippen LogP contribution in [0, 0.1) is 0 Å². The Morgan fingerprint density at radius 3 is 2.26 bits per heavy atom. The number of nitrogens with zero attached hydrogens (tertiary/aromatic N) is 1. The monoisotopic (exact) mass is 457 g/mol. The largest absolute Gasteiger partial charge is 0.478 e. The van der Waals surface area contributed by atoms with Crippen LogP contribution in [0.1, 0.15) is 29.3 Å². The zero-order valence-electron chi connectivity index (χ0n) is 18.5. The second kappa shape index (κ2) is 12.1. The van der Waals surface area contributed by atoms with Crippen molar-refractivity contribution in [1.29, 1.82) is 0 Å². The third-order valence-electron chi connectivity index (χ3n) is 5.26. The standard InChI is InChI=1S/C25H31NO3S2/c1-19(24(28)29)18-30-15-8-16-31-22-13-11-21(12-14-22)23(27)25(2,26(3)4)17-20-9-6-5-7-10-20/h5-7,9-14H,1,8,15-18H2,2-4H3,(H,28,29). The average molecular weight is 458 g/mol. The first-order chi connectivity index (χ1) is 14.7. The van der Waals surface area contributed by atoms with Crippen molar-refractivity contribution in [3.05, 3.63) is 77.9 Å². The summed E-state index contributed by atoms with van der Waals surface area (Å²) in [6.45, 7) is 5.54. The number of Topliss-reactive ketones (excluding diaryl/α,β-unsaturated/α-hetero) is 1. The van der Waals surface area contributed by atoms with Gasteiger partial charge in [0.25, 0.3) is 0 Å². The van der Waals surface area contributed by atoms with E-state index in [1.807, 2.05) is 68.4 Å². The molecule has 0 spiro atoms.